The van der Waals surface area contributed by atoms with Crippen molar-refractivity contribution in [2.45, 2.75) is 46.1 Å². The molecule has 0 unspecified atom stereocenters. The molecule has 0 amide bonds. The number of benzene rings is 1. The number of aromatic hydroxyl groups is 1. The molecule has 0 bridgehead atoms. The van der Waals surface area contributed by atoms with E-state index in [1.54, 1.807) is 6.07 Å². The van der Waals surface area contributed by atoms with Gasteiger partial charge < -0.3 is 14.4 Å². The number of ether oxygens (including phenoxy) is 1. The molecule has 0 aliphatic heterocycles. The predicted molar refractivity (Wildman–Crippen MR) is 80.0 cm³/mol. The summed E-state index contributed by atoms with van der Waals surface area (Å²) in [5, 5.41) is 13.9. The maximum absolute atomic E-state index is 9.79. The Morgan fingerprint density at radius 2 is 1.95 bits per heavy atom. The fourth-order valence-electron chi connectivity index (χ4n) is 2.38. The summed E-state index contributed by atoms with van der Waals surface area (Å²) in [5.41, 5.74) is 1.00. The highest BCUT2D eigenvalue weighted by Crippen LogP contribution is 2.33. The first-order valence-electron chi connectivity index (χ1n) is 7.34. The smallest absolute Gasteiger partial charge is 0.258 e. The Morgan fingerprint density at radius 3 is 2.52 bits per heavy atom. The minimum Gasteiger partial charge on any atom is -0.508 e. The van der Waals surface area contributed by atoms with Crippen molar-refractivity contribution >= 4 is 0 Å². The van der Waals surface area contributed by atoms with Crippen molar-refractivity contribution in [3.63, 3.8) is 0 Å². The summed E-state index contributed by atoms with van der Waals surface area (Å²) in [6, 6.07) is 5.31. The fourth-order valence-corrected chi connectivity index (χ4v) is 2.38. The first-order chi connectivity index (χ1) is 10.1. The molecule has 2 aromatic rings. The summed E-state index contributed by atoms with van der Waals surface area (Å²) in [5.74, 6) is 1.17. The maximum atomic E-state index is 9.79. The van der Waals surface area contributed by atoms with Crippen LogP contribution >= 0.6 is 0 Å². The van der Waals surface area contributed by atoms with Crippen molar-refractivity contribution < 1.29 is 14.4 Å². The van der Waals surface area contributed by atoms with E-state index in [1.807, 2.05) is 39.8 Å². The lowest BCUT2D eigenvalue weighted by Crippen LogP contribution is -2.29. The van der Waals surface area contributed by atoms with E-state index in [2.05, 4.69) is 10.1 Å². The molecule has 21 heavy (non-hydrogen) atoms. The van der Waals surface area contributed by atoms with Gasteiger partial charge in [0.2, 0.25) is 5.82 Å². The van der Waals surface area contributed by atoms with Gasteiger partial charge in [-0.15, -0.1) is 0 Å². The zero-order valence-electron chi connectivity index (χ0n) is 13.0. The number of hydrogen-bond acceptors (Lipinski definition) is 5. The van der Waals surface area contributed by atoms with Crippen LogP contribution in [-0.2, 0) is 10.3 Å². The van der Waals surface area contributed by atoms with Gasteiger partial charge >= 0.3 is 0 Å². The lowest BCUT2D eigenvalue weighted by Gasteiger charge is -2.27. The van der Waals surface area contributed by atoms with E-state index in [-0.39, 0.29) is 5.75 Å². The largest absolute Gasteiger partial charge is 0.508 e. The average molecular weight is 290 g/mol. The molecule has 0 radical (unpaired) electrons. The first kappa shape index (κ1) is 15.5. The molecule has 0 atom stereocenters. The van der Waals surface area contributed by atoms with Crippen LogP contribution in [0.25, 0.3) is 11.5 Å². The topological polar surface area (TPSA) is 68.4 Å². The SMILES string of the molecule is CCOC(CC)(CC)c1noc(-c2ccc(C)c(O)c2)n1. The van der Waals surface area contributed by atoms with Gasteiger partial charge in [-0.2, -0.15) is 4.98 Å². The van der Waals surface area contributed by atoms with Gasteiger partial charge in [0.05, 0.1) is 0 Å². The second-order valence-corrected chi connectivity index (χ2v) is 5.06. The number of hydrogen-bond donors (Lipinski definition) is 1. The van der Waals surface area contributed by atoms with E-state index in [0.717, 1.165) is 18.4 Å². The highest BCUT2D eigenvalue weighted by molar-refractivity contribution is 5.57. The molecule has 2 rings (SSSR count). The Labute approximate surface area is 125 Å². The van der Waals surface area contributed by atoms with Crippen molar-refractivity contribution in [3.05, 3.63) is 29.6 Å². The van der Waals surface area contributed by atoms with Gasteiger partial charge in [-0.1, -0.05) is 25.1 Å². The number of phenols is 1. The Hall–Kier alpha value is -1.88. The standard InChI is InChI=1S/C16H22N2O3/c1-5-16(6-2,20-7-3)15-17-14(21-18-15)12-9-8-11(4)13(19)10-12/h8-10,19H,5-7H2,1-4H3. The van der Waals surface area contributed by atoms with Crippen molar-refractivity contribution in [1.82, 2.24) is 10.1 Å². The maximum Gasteiger partial charge on any atom is 0.258 e. The molecule has 114 valence electrons. The quantitative estimate of drug-likeness (QED) is 0.876. The van der Waals surface area contributed by atoms with Gasteiger partial charge in [-0.3, -0.25) is 0 Å². The fraction of sp³-hybridized carbons (Fsp3) is 0.500. The lowest BCUT2D eigenvalue weighted by atomic mass is 9.96. The third kappa shape index (κ3) is 2.93. The van der Waals surface area contributed by atoms with Crippen molar-refractivity contribution in [2.75, 3.05) is 6.61 Å². The monoisotopic (exact) mass is 290 g/mol. The summed E-state index contributed by atoms with van der Waals surface area (Å²) in [4.78, 5) is 4.47. The number of aromatic nitrogens is 2. The molecule has 1 heterocycles. The number of aryl methyl sites for hydroxylation is 1. The van der Waals surface area contributed by atoms with Crippen LogP contribution in [0.15, 0.2) is 22.7 Å². The lowest BCUT2D eigenvalue weighted by molar-refractivity contribution is -0.0583. The summed E-state index contributed by atoms with van der Waals surface area (Å²) in [7, 11) is 0. The van der Waals surface area contributed by atoms with E-state index in [4.69, 9.17) is 9.26 Å². The van der Waals surface area contributed by atoms with Crippen LogP contribution in [0, 0.1) is 6.92 Å². The molecule has 0 fully saturated rings. The Bertz CT molecular complexity index is 603. The third-order valence-corrected chi connectivity index (χ3v) is 3.85. The molecule has 1 aromatic heterocycles. The van der Waals surface area contributed by atoms with Crippen molar-refractivity contribution in [1.29, 1.82) is 0 Å². The van der Waals surface area contributed by atoms with Crippen LogP contribution in [0.3, 0.4) is 0 Å². The van der Waals surface area contributed by atoms with Crippen LogP contribution in [0.5, 0.6) is 5.75 Å². The molecular weight excluding hydrogens is 268 g/mol. The minimum atomic E-state index is -0.511. The second kappa shape index (κ2) is 6.26. The minimum absolute atomic E-state index is 0.217. The van der Waals surface area contributed by atoms with E-state index < -0.39 is 5.60 Å². The first-order valence-corrected chi connectivity index (χ1v) is 7.34. The van der Waals surface area contributed by atoms with Gasteiger partial charge in [0.25, 0.3) is 5.89 Å². The van der Waals surface area contributed by atoms with E-state index in [0.29, 0.717) is 23.9 Å². The van der Waals surface area contributed by atoms with Gasteiger partial charge in [0, 0.05) is 12.2 Å². The predicted octanol–water partition coefficient (Wildman–Crippen LogP) is 3.80. The molecule has 1 aromatic carbocycles. The van der Waals surface area contributed by atoms with E-state index in [9.17, 15) is 5.11 Å². The Balaban J connectivity index is 2.38. The highest BCUT2D eigenvalue weighted by Gasteiger charge is 2.34. The van der Waals surface area contributed by atoms with Crippen LogP contribution in [0.1, 0.15) is 45.0 Å². The third-order valence-electron chi connectivity index (χ3n) is 3.85. The zero-order chi connectivity index (χ0) is 15.5. The van der Waals surface area contributed by atoms with Gasteiger partial charge in [-0.25, -0.2) is 0 Å². The summed E-state index contributed by atoms with van der Waals surface area (Å²) in [6.45, 7) is 8.49. The molecule has 5 nitrogen and oxygen atoms in total. The molecule has 0 saturated heterocycles. The summed E-state index contributed by atoms with van der Waals surface area (Å²) in [6.07, 6.45) is 1.55. The summed E-state index contributed by atoms with van der Waals surface area (Å²) < 4.78 is 11.2. The van der Waals surface area contributed by atoms with Gasteiger partial charge in [0.1, 0.15) is 11.4 Å². The molecule has 0 spiro atoms. The normalized spacial score (nSPS) is 11.8. The number of nitrogens with zero attached hydrogens (tertiary/aromatic N) is 2. The van der Waals surface area contributed by atoms with Crippen LogP contribution in [-0.4, -0.2) is 21.9 Å². The van der Waals surface area contributed by atoms with Gasteiger partial charge in [0.15, 0.2) is 0 Å². The average Bonchev–Trinajstić information content (AvgIpc) is 2.98. The molecule has 0 saturated carbocycles. The van der Waals surface area contributed by atoms with Crippen LogP contribution in [0.4, 0.5) is 0 Å². The van der Waals surface area contributed by atoms with E-state index in [1.165, 1.54) is 0 Å². The van der Waals surface area contributed by atoms with Crippen LogP contribution < -0.4 is 0 Å². The number of rotatable bonds is 6. The molecule has 0 aliphatic carbocycles. The van der Waals surface area contributed by atoms with Crippen molar-refractivity contribution in [2.24, 2.45) is 0 Å². The van der Waals surface area contributed by atoms with Gasteiger partial charge in [-0.05, 0) is 44.4 Å². The molecule has 0 aliphatic rings. The molecular formula is C16H22N2O3. The molecule has 1 N–H and O–H groups in total. The second-order valence-electron chi connectivity index (χ2n) is 5.06. The van der Waals surface area contributed by atoms with E-state index >= 15 is 0 Å². The number of phenolic OH excluding ortho intramolecular Hbond substituents is 1. The molecule has 5 heteroatoms. The Morgan fingerprint density at radius 1 is 1.24 bits per heavy atom. The van der Waals surface area contributed by atoms with Crippen LogP contribution in [0.2, 0.25) is 0 Å². The highest BCUT2D eigenvalue weighted by atomic mass is 16.5. The van der Waals surface area contributed by atoms with Crippen molar-refractivity contribution in [3.8, 4) is 17.2 Å². The Kier molecular flexibility index (Phi) is 4.63. The zero-order valence-corrected chi connectivity index (χ0v) is 13.0. The summed E-state index contributed by atoms with van der Waals surface area (Å²) >= 11 is 0.